The van der Waals surface area contributed by atoms with Gasteiger partial charge in [-0.1, -0.05) is 12.8 Å². The van der Waals surface area contributed by atoms with Gasteiger partial charge in [0.1, 0.15) is 0 Å². The number of nitrogens with two attached hydrogens (primary N) is 1. The van der Waals surface area contributed by atoms with Crippen molar-refractivity contribution in [1.82, 2.24) is 5.32 Å². The van der Waals surface area contributed by atoms with E-state index in [1.54, 1.807) is 0 Å². The van der Waals surface area contributed by atoms with Gasteiger partial charge in [-0.2, -0.15) is 0 Å². The quantitative estimate of drug-likeness (QED) is 0.386. The molecule has 5 N–H and O–H groups in total. The summed E-state index contributed by atoms with van der Waals surface area (Å²) in [5, 5.41) is 20.9. The number of rotatable bonds is 5. The van der Waals surface area contributed by atoms with E-state index in [0.717, 1.165) is 38.6 Å². The summed E-state index contributed by atoms with van der Waals surface area (Å²) < 4.78 is 0. The first-order chi connectivity index (χ1) is 7.02. The molecule has 1 rings (SSSR count). The smallest absolute Gasteiger partial charge is 0.427 e. The Morgan fingerprint density at radius 3 is 2.80 bits per heavy atom. The van der Waals surface area contributed by atoms with Crippen LogP contribution in [-0.4, -0.2) is 35.3 Å². The summed E-state index contributed by atoms with van der Waals surface area (Å²) >= 11 is 0. The molecule has 0 aliphatic carbocycles. The third-order valence-corrected chi connectivity index (χ3v) is 3.22. The molecule has 4 nitrogen and oxygen atoms in total. The van der Waals surface area contributed by atoms with Gasteiger partial charge in [-0.3, -0.25) is 0 Å². The van der Waals surface area contributed by atoms with Crippen LogP contribution in [0.1, 0.15) is 39.0 Å². The molecule has 0 aromatic rings. The van der Waals surface area contributed by atoms with Crippen molar-refractivity contribution in [2.45, 2.75) is 56.9 Å². The highest BCUT2D eigenvalue weighted by Crippen LogP contribution is 2.24. The summed E-state index contributed by atoms with van der Waals surface area (Å²) in [6, 6.07) is 0.319. The van der Waals surface area contributed by atoms with Crippen molar-refractivity contribution in [2.24, 2.45) is 5.73 Å². The lowest BCUT2D eigenvalue weighted by molar-refractivity contribution is 0.233. The van der Waals surface area contributed by atoms with Crippen LogP contribution in [0.15, 0.2) is 0 Å². The van der Waals surface area contributed by atoms with E-state index in [1.807, 2.05) is 0 Å². The van der Waals surface area contributed by atoms with Crippen LogP contribution in [0.5, 0.6) is 0 Å². The Morgan fingerprint density at radius 1 is 1.47 bits per heavy atom. The lowest BCUT2D eigenvalue weighted by Crippen LogP contribution is -2.52. The van der Waals surface area contributed by atoms with E-state index in [4.69, 9.17) is 15.8 Å². The van der Waals surface area contributed by atoms with Gasteiger partial charge in [-0.05, 0) is 39.1 Å². The molecule has 1 aliphatic rings. The van der Waals surface area contributed by atoms with Gasteiger partial charge in [-0.15, -0.1) is 0 Å². The molecule has 1 aliphatic heterocycles. The molecule has 0 unspecified atom stereocenters. The molecular formula is C10H23BN2O2. The molecule has 0 bridgehead atoms. The monoisotopic (exact) mass is 214 g/mol. The Balaban J connectivity index is 2.18. The fourth-order valence-electron chi connectivity index (χ4n) is 2.34. The third-order valence-electron chi connectivity index (χ3n) is 3.22. The lowest BCUT2D eigenvalue weighted by Gasteiger charge is -2.38. The van der Waals surface area contributed by atoms with Crippen LogP contribution in [0.4, 0.5) is 0 Å². The van der Waals surface area contributed by atoms with Gasteiger partial charge >= 0.3 is 7.12 Å². The highest BCUT2D eigenvalue weighted by atomic mass is 16.4. The average molecular weight is 214 g/mol. The standard InChI is InChI=1S/C10H23BN2O2/c1-10(5-2-3-6-11(14)15)8-9(12)4-7-13-10/h9,13-15H,2-8,12H2,1H3/t9-,10-/m0/s1. The van der Waals surface area contributed by atoms with Crippen molar-refractivity contribution in [3.63, 3.8) is 0 Å². The Bertz CT molecular complexity index is 192. The molecule has 1 heterocycles. The first-order valence-electron chi connectivity index (χ1n) is 5.89. The first-order valence-corrected chi connectivity index (χ1v) is 5.89. The Morgan fingerprint density at radius 2 is 2.20 bits per heavy atom. The summed E-state index contributed by atoms with van der Waals surface area (Å²) in [5.41, 5.74) is 6.09. The minimum Gasteiger partial charge on any atom is -0.427 e. The van der Waals surface area contributed by atoms with Gasteiger partial charge in [0.25, 0.3) is 0 Å². The van der Waals surface area contributed by atoms with Crippen molar-refractivity contribution >= 4 is 7.12 Å². The SMILES string of the molecule is C[C@]1(CCCCB(O)O)C[C@@H](N)CCN1. The van der Waals surface area contributed by atoms with Gasteiger partial charge in [0.2, 0.25) is 0 Å². The van der Waals surface area contributed by atoms with Gasteiger partial charge in [0.15, 0.2) is 0 Å². The second kappa shape index (κ2) is 5.84. The van der Waals surface area contributed by atoms with Gasteiger partial charge < -0.3 is 21.1 Å². The predicted molar refractivity (Wildman–Crippen MR) is 62.5 cm³/mol. The maximum Gasteiger partial charge on any atom is 0.451 e. The molecule has 0 saturated carbocycles. The first kappa shape index (κ1) is 13.0. The normalized spacial score (nSPS) is 31.6. The predicted octanol–water partition coefficient (Wildman–Crippen LogP) is 0.0989. The van der Waals surface area contributed by atoms with Crippen LogP contribution in [0.25, 0.3) is 0 Å². The molecule has 0 radical (unpaired) electrons. The second-order valence-electron chi connectivity index (χ2n) is 4.97. The molecule has 0 amide bonds. The Labute approximate surface area is 92.4 Å². The van der Waals surface area contributed by atoms with Crippen molar-refractivity contribution in [3.8, 4) is 0 Å². The third kappa shape index (κ3) is 4.97. The van der Waals surface area contributed by atoms with E-state index in [0.29, 0.717) is 12.4 Å². The summed E-state index contributed by atoms with van der Waals surface area (Å²) in [6.07, 6.45) is 5.51. The zero-order valence-corrected chi connectivity index (χ0v) is 9.58. The van der Waals surface area contributed by atoms with Crippen molar-refractivity contribution < 1.29 is 10.0 Å². The second-order valence-corrected chi connectivity index (χ2v) is 4.97. The summed E-state index contributed by atoms with van der Waals surface area (Å²) in [5.74, 6) is 0. The van der Waals surface area contributed by atoms with Crippen molar-refractivity contribution in [1.29, 1.82) is 0 Å². The maximum absolute atomic E-state index is 8.72. The van der Waals surface area contributed by atoms with E-state index in [9.17, 15) is 0 Å². The minimum atomic E-state index is -1.15. The van der Waals surface area contributed by atoms with Crippen LogP contribution in [0.2, 0.25) is 6.32 Å². The molecule has 0 spiro atoms. The molecule has 15 heavy (non-hydrogen) atoms. The van der Waals surface area contributed by atoms with Crippen LogP contribution in [-0.2, 0) is 0 Å². The van der Waals surface area contributed by atoms with E-state index in [-0.39, 0.29) is 5.54 Å². The molecule has 2 atom stereocenters. The molecule has 1 fully saturated rings. The van der Waals surface area contributed by atoms with Crippen molar-refractivity contribution in [2.75, 3.05) is 6.54 Å². The van der Waals surface area contributed by atoms with E-state index in [1.165, 1.54) is 0 Å². The van der Waals surface area contributed by atoms with Gasteiger partial charge in [-0.25, -0.2) is 0 Å². The molecule has 1 saturated heterocycles. The molecule has 0 aromatic heterocycles. The van der Waals surface area contributed by atoms with E-state index in [2.05, 4.69) is 12.2 Å². The van der Waals surface area contributed by atoms with Crippen LogP contribution < -0.4 is 11.1 Å². The highest BCUT2D eigenvalue weighted by molar-refractivity contribution is 6.40. The fraction of sp³-hybridized carbons (Fsp3) is 1.00. The average Bonchev–Trinajstić information content (AvgIpc) is 2.12. The minimum absolute atomic E-state index is 0.151. The molecular weight excluding hydrogens is 191 g/mol. The number of piperidine rings is 1. The molecule has 88 valence electrons. The summed E-state index contributed by atoms with van der Waals surface area (Å²) in [4.78, 5) is 0. The van der Waals surface area contributed by atoms with Crippen molar-refractivity contribution in [3.05, 3.63) is 0 Å². The Kier molecular flexibility index (Phi) is 5.05. The van der Waals surface area contributed by atoms with E-state index < -0.39 is 7.12 Å². The maximum atomic E-state index is 8.72. The molecule has 0 aromatic carbocycles. The summed E-state index contributed by atoms with van der Waals surface area (Å²) in [6.45, 7) is 3.21. The van der Waals surface area contributed by atoms with Crippen LogP contribution >= 0.6 is 0 Å². The number of hydrogen-bond donors (Lipinski definition) is 4. The zero-order chi connectivity index (χ0) is 11.3. The number of hydrogen-bond acceptors (Lipinski definition) is 4. The van der Waals surface area contributed by atoms with E-state index >= 15 is 0 Å². The number of nitrogens with one attached hydrogen (secondary N) is 1. The largest absolute Gasteiger partial charge is 0.451 e. The topological polar surface area (TPSA) is 78.5 Å². The fourth-order valence-corrected chi connectivity index (χ4v) is 2.34. The van der Waals surface area contributed by atoms with Gasteiger partial charge in [0, 0.05) is 11.6 Å². The molecule has 5 heteroatoms. The van der Waals surface area contributed by atoms with Crippen LogP contribution in [0, 0.1) is 0 Å². The summed E-state index contributed by atoms with van der Waals surface area (Å²) in [7, 11) is -1.15. The highest BCUT2D eigenvalue weighted by Gasteiger charge is 2.29. The van der Waals surface area contributed by atoms with Gasteiger partial charge in [0.05, 0.1) is 0 Å². The Hall–Kier alpha value is -0.0951. The van der Waals surface area contributed by atoms with Crippen LogP contribution in [0.3, 0.4) is 0 Å². The zero-order valence-electron chi connectivity index (χ0n) is 9.58. The lowest BCUT2D eigenvalue weighted by atomic mass is 9.80. The number of unbranched alkanes of at least 4 members (excludes halogenated alkanes) is 1.